The van der Waals surface area contributed by atoms with Crippen molar-refractivity contribution < 1.29 is 4.79 Å². The van der Waals surface area contributed by atoms with Crippen LogP contribution in [-0.2, 0) is 11.2 Å². The number of thiophene rings is 1. The van der Waals surface area contributed by atoms with Gasteiger partial charge in [-0.25, -0.2) is 0 Å². The molecule has 0 aliphatic rings. The first-order chi connectivity index (χ1) is 4.79. The van der Waals surface area contributed by atoms with Crippen LogP contribution in [0.15, 0.2) is 17.5 Å². The molecule has 1 aromatic heterocycles. The van der Waals surface area contributed by atoms with Crippen molar-refractivity contribution in [3.8, 4) is 0 Å². The van der Waals surface area contributed by atoms with Crippen molar-refractivity contribution in [3.63, 3.8) is 0 Å². The number of carbonyl (C=O) groups is 1. The van der Waals surface area contributed by atoms with Gasteiger partial charge in [-0.1, -0.05) is 6.07 Å². The fourth-order valence-electron chi connectivity index (χ4n) is 0.754. The molecule has 0 spiro atoms. The van der Waals surface area contributed by atoms with Gasteiger partial charge in [-0.15, -0.1) is 11.3 Å². The van der Waals surface area contributed by atoms with Crippen LogP contribution in [-0.4, -0.2) is 5.78 Å². The molecule has 1 heterocycles. The number of hydrogen-bond donors (Lipinski definition) is 0. The molecule has 1 aromatic rings. The second kappa shape index (κ2) is 3.52. The van der Waals surface area contributed by atoms with Crippen LogP contribution in [0.25, 0.3) is 0 Å². The molecule has 0 unspecified atom stereocenters. The molecular weight excluding hydrogens is 144 g/mol. The third-order valence-corrected chi connectivity index (χ3v) is 2.24. The normalized spacial score (nSPS) is 9.70. The summed E-state index contributed by atoms with van der Waals surface area (Å²) in [5.41, 5.74) is 0. The standard InChI is InChI=1S/C8H10OS/c1-7(9)4-5-8-3-2-6-10-8/h2-3,6H,4-5H2,1H3. The molecule has 0 radical (unpaired) electrons. The lowest BCUT2D eigenvalue weighted by Gasteiger charge is -1.90. The Hall–Kier alpha value is -0.630. The predicted molar refractivity (Wildman–Crippen MR) is 43.3 cm³/mol. The van der Waals surface area contributed by atoms with Crippen molar-refractivity contribution in [1.82, 2.24) is 0 Å². The van der Waals surface area contributed by atoms with E-state index in [1.54, 1.807) is 18.3 Å². The average molecular weight is 154 g/mol. The van der Waals surface area contributed by atoms with E-state index >= 15 is 0 Å². The first kappa shape index (κ1) is 7.48. The zero-order valence-corrected chi connectivity index (χ0v) is 6.78. The summed E-state index contributed by atoms with van der Waals surface area (Å²) in [6.07, 6.45) is 1.59. The molecule has 0 aliphatic heterocycles. The maximum Gasteiger partial charge on any atom is 0.130 e. The third kappa shape index (κ3) is 2.31. The topological polar surface area (TPSA) is 17.1 Å². The molecule has 2 heteroatoms. The summed E-state index contributed by atoms with van der Waals surface area (Å²) < 4.78 is 0. The van der Waals surface area contributed by atoms with Gasteiger partial charge in [0.2, 0.25) is 0 Å². The van der Waals surface area contributed by atoms with Crippen molar-refractivity contribution in [2.24, 2.45) is 0 Å². The summed E-state index contributed by atoms with van der Waals surface area (Å²) in [7, 11) is 0. The lowest BCUT2D eigenvalue weighted by Crippen LogP contribution is -1.91. The number of carbonyl (C=O) groups excluding carboxylic acids is 1. The van der Waals surface area contributed by atoms with Crippen LogP contribution < -0.4 is 0 Å². The van der Waals surface area contributed by atoms with Gasteiger partial charge in [0.1, 0.15) is 5.78 Å². The van der Waals surface area contributed by atoms with E-state index in [1.807, 2.05) is 11.4 Å². The molecule has 0 fully saturated rings. The first-order valence-corrected chi connectivity index (χ1v) is 4.19. The van der Waals surface area contributed by atoms with Gasteiger partial charge in [-0.3, -0.25) is 0 Å². The molecule has 0 amide bonds. The van der Waals surface area contributed by atoms with Crippen molar-refractivity contribution in [3.05, 3.63) is 22.4 Å². The van der Waals surface area contributed by atoms with Gasteiger partial charge in [0.05, 0.1) is 0 Å². The van der Waals surface area contributed by atoms with Gasteiger partial charge >= 0.3 is 0 Å². The lowest BCUT2D eigenvalue weighted by molar-refractivity contribution is -0.116. The van der Waals surface area contributed by atoms with Gasteiger partial charge in [0.25, 0.3) is 0 Å². The Morgan fingerprint density at radius 2 is 2.50 bits per heavy atom. The van der Waals surface area contributed by atoms with Crippen LogP contribution in [0.1, 0.15) is 18.2 Å². The maximum atomic E-state index is 10.5. The zero-order valence-electron chi connectivity index (χ0n) is 5.96. The minimum atomic E-state index is 0.272. The van der Waals surface area contributed by atoms with Crippen LogP contribution in [0.3, 0.4) is 0 Å². The maximum absolute atomic E-state index is 10.5. The Morgan fingerprint density at radius 3 is 3.00 bits per heavy atom. The van der Waals surface area contributed by atoms with Gasteiger partial charge in [-0.05, 0) is 24.8 Å². The molecular formula is C8H10OS. The van der Waals surface area contributed by atoms with Crippen LogP contribution in [0.4, 0.5) is 0 Å². The van der Waals surface area contributed by atoms with E-state index in [-0.39, 0.29) is 5.78 Å². The van der Waals surface area contributed by atoms with Crippen LogP contribution in [0, 0.1) is 0 Å². The molecule has 0 saturated carbocycles. The van der Waals surface area contributed by atoms with Crippen molar-refractivity contribution in [2.45, 2.75) is 19.8 Å². The minimum Gasteiger partial charge on any atom is -0.300 e. The molecule has 0 bridgehead atoms. The largest absolute Gasteiger partial charge is 0.300 e. The second-order valence-electron chi connectivity index (χ2n) is 2.28. The van der Waals surface area contributed by atoms with E-state index < -0.39 is 0 Å². The Labute approximate surface area is 64.7 Å². The number of rotatable bonds is 3. The van der Waals surface area contributed by atoms with Crippen LogP contribution in [0.5, 0.6) is 0 Å². The summed E-state index contributed by atoms with van der Waals surface area (Å²) in [6.45, 7) is 1.63. The SMILES string of the molecule is CC(=O)CCc1cccs1. The Bertz CT molecular complexity index is 201. The highest BCUT2D eigenvalue weighted by Crippen LogP contribution is 2.10. The predicted octanol–water partition coefficient (Wildman–Crippen LogP) is 2.27. The quantitative estimate of drug-likeness (QED) is 0.652. The van der Waals surface area contributed by atoms with E-state index in [1.165, 1.54) is 4.88 Å². The van der Waals surface area contributed by atoms with Crippen molar-refractivity contribution in [1.29, 1.82) is 0 Å². The van der Waals surface area contributed by atoms with Crippen molar-refractivity contribution in [2.75, 3.05) is 0 Å². The summed E-state index contributed by atoms with van der Waals surface area (Å²) in [5.74, 6) is 0.272. The smallest absolute Gasteiger partial charge is 0.130 e. The summed E-state index contributed by atoms with van der Waals surface area (Å²) >= 11 is 1.71. The zero-order chi connectivity index (χ0) is 7.40. The Balaban J connectivity index is 2.35. The van der Waals surface area contributed by atoms with Gasteiger partial charge in [0.15, 0.2) is 0 Å². The highest BCUT2D eigenvalue weighted by atomic mass is 32.1. The Kier molecular flexibility index (Phi) is 2.63. The second-order valence-corrected chi connectivity index (χ2v) is 3.31. The van der Waals surface area contributed by atoms with E-state index in [2.05, 4.69) is 6.07 Å². The minimum absolute atomic E-state index is 0.272. The highest BCUT2D eigenvalue weighted by Gasteiger charge is 1.95. The Morgan fingerprint density at radius 1 is 1.70 bits per heavy atom. The fourth-order valence-corrected chi connectivity index (χ4v) is 1.46. The molecule has 1 rings (SSSR count). The van der Waals surface area contributed by atoms with E-state index in [0.29, 0.717) is 6.42 Å². The van der Waals surface area contributed by atoms with Crippen molar-refractivity contribution >= 4 is 17.1 Å². The number of hydrogen-bond acceptors (Lipinski definition) is 2. The number of ketones is 1. The highest BCUT2D eigenvalue weighted by molar-refractivity contribution is 7.09. The third-order valence-electron chi connectivity index (χ3n) is 1.30. The molecule has 0 atom stereocenters. The summed E-state index contributed by atoms with van der Waals surface area (Å²) in [5, 5.41) is 2.04. The van der Waals surface area contributed by atoms with E-state index in [9.17, 15) is 4.79 Å². The fraction of sp³-hybridized carbons (Fsp3) is 0.375. The molecule has 1 nitrogen and oxygen atoms in total. The molecule has 0 N–H and O–H groups in total. The number of aryl methyl sites for hydroxylation is 1. The molecule has 0 aromatic carbocycles. The molecule has 54 valence electrons. The van der Waals surface area contributed by atoms with Gasteiger partial charge < -0.3 is 4.79 Å². The van der Waals surface area contributed by atoms with E-state index in [0.717, 1.165) is 6.42 Å². The lowest BCUT2D eigenvalue weighted by atomic mass is 10.2. The average Bonchev–Trinajstić information content (AvgIpc) is 2.34. The number of Topliss-reactive ketones (excluding diaryl/α,β-unsaturated/α-hetero) is 1. The molecule has 0 aliphatic carbocycles. The van der Waals surface area contributed by atoms with Gasteiger partial charge in [0, 0.05) is 11.3 Å². The van der Waals surface area contributed by atoms with Crippen LogP contribution >= 0.6 is 11.3 Å². The summed E-state index contributed by atoms with van der Waals surface area (Å²) in [4.78, 5) is 11.8. The molecule has 10 heavy (non-hydrogen) atoms. The molecule has 0 saturated heterocycles. The monoisotopic (exact) mass is 154 g/mol. The van der Waals surface area contributed by atoms with Crippen LogP contribution in [0.2, 0.25) is 0 Å². The first-order valence-electron chi connectivity index (χ1n) is 3.31. The summed E-state index contributed by atoms with van der Waals surface area (Å²) in [6, 6.07) is 4.08. The van der Waals surface area contributed by atoms with Gasteiger partial charge in [-0.2, -0.15) is 0 Å². The van der Waals surface area contributed by atoms with E-state index in [4.69, 9.17) is 0 Å².